The van der Waals surface area contributed by atoms with Crippen molar-refractivity contribution >= 4 is 23.5 Å². The van der Waals surface area contributed by atoms with Gasteiger partial charge < -0.3 is 15.8 Å². The maximum Gasteiger partial charge on any atom is 0.267 e. The van der Waals surface area contributed by atoms with Gasteiger partial charge >= 0.3 is 0 Å². The summed E-state index contributed by atoms with van der Waals surface area (Å²) in [5.41, 5.74) is 7.67. The number of nitrogens with zero attached hydrogens (tertiary/aromatic N) is 4. The lowest BCUT2D eigenvalue weighted by Crippen LogP contribution is -2.44. The Kier molecular flexibility index (Phi) is 5.63. The van der Waals surface area contributed by atoms with E-state index in [4.69, 9.17) is 15.5 Å². The topological polar surface area (TPSA) is 123 Å². The molecule has 0 aromatic carbocycles. The molecule has 0 atom stereocenters. The number of nitrogens with two attached hydrogens (primary N) is 1. The Bertz CT molecular complexity index is 971. The number of primary amides is 1. The van der Waals surface area contributed by atoms with Crippen molar-refractivity contribution in [1.29, 1.82) is 0 Å². The molecule has 1 aliphatic heterocycles. The Hall–Kier alpha value is -3.07. The number of amides is 2. The maximum atomic E-state index is 12.7. The fourth-order valence-corrected chi connectivity index (χ4v) is 4.15. The van der Waals surface area contributed by atoms with E-state index in [1.807, 2.05) is 6.92 Å². The van der Waals surface area contributed by atoms with Gasteiger partial charge in [-0.2, -0.15) is 0 Å². The summed E-state index contributed by atoms with van der Waals surface area (Å²) < 4.78 is 5.46. The number of carbonyl (C=O) groups is 2. The van der Waals surface area contributed by atoms with Gasteiger partial charge in [-0.1, -0.05) is 0 Å². The predicted octanol–water partition coefficient (Wildman–Crippen LogP) is 1.91. The molecule has 30 heavy (non-hydrogen) atoms. The zero-order valence-electron chi connectivity index (χ0n) is 17.2. The van der Waals surface area contributed by atoms with E-state index in [2.05, 4.69) is 15.3 Å². The highest BCUT2D eigenvalue weighted by atomic mass is 16.5. The second-order valence-corrected chi connectivity index (χ2v) is 7.91. The number of carbonyl (C=O) groups excluding carboxylic acids is 2. The van der Waals surface area contributed by atoms with Gasteiger partial charge in [0.1, 0.15) is 5.69 Å². The van der Waals surface area contributed by atoms with E-state index in [9.17, 15) is 9.59 Å². The van der Waals surface area contributed by atoms with Gasteiger partial charge in [0.2, 0.25) is 5.91 Å². The van der Waals surface area contributed by atoms with Crippen LogP contribution in [0.25, 0.3) is 11.3 Å². The number of fused-ring (bicyclic) bond motifs is 1. The number of nitrogens with one attached hydrogen (secondary N) is 1. The molecule has 4 rings (SSSR count). The van der Waals surface area contributed by atoms with Gasteiger partial charge in [-0.3, -0.25) is 19.5 Å². The van der Waals surface area contributed by atoms with Crippen molar-refractivity contribution in [3.63, 3.8) is 0 Å². The SMILES string of the molecule is CO[C@H]1CC[C@H](CN2C(=O)CNc3ncc(-c4cnc(C(N)=O)cc4C)nc32)CC1. The summed E-state index contributed by atoms with van der Waals surface area (Å²) in [4.78, 5) is 39.2. The average Bonchev–Trinajstić information content (AvgIpc) is 2.76. The van der Waals surface area contributed by atoms with Crippen molar-refractivity contribution in [1.82, 2.24) is 15.0 Å². The van der Waals surface area contributed by atoms with Crippen LogP contribution in [0.2, 0.25) is 0 Å². The van der Waals surface area contributed by atoms with Crippen molar-refractivity contribution < 1.29 is 14.3 Å². The van der Waals surface area contributed by atoms with Gasteiger partial charge in [0.05, 0.1) is 24.5 Å². The third-order valence-electron chi connectivity index (χ3n) is 5.92. The molecule has 0 radical (unpaired) electrons. The average molecular weight is 410 g/mol. The number of pyridine rings is 1. The molecule has 1 saturated carbocycles. The van der Waals surface area contributed by atoms with E-state index < -0.39 is 5.91 Å². The van der Waals surface area contributed by atoms with Crippen LogP contribution in [0.1, 0.15) is 41.7 Å². The Morgan fingerprint density at radius 2 is 2.03 bits per heavy atom. The van der Waals surface area contributed by atoms with Crippen LogP contribution >= 0.6 is 0 Å². The summed E-state index contributed by atoms with van der Waals surface area (Å²) in [6.07, 6.45) is 7.61. The third-order valence-corrected chi connectivity index (χ3v) is 5.92. The highest BCUT2D eigenvalue weighted by Gasteiger charge is 2.31. The van der Waals surface area contributed by atoms with E-state index in [0.29, 0.717) is 35.9 Å². The number of aryl methyl sites for hydroxylation is 1. The Balaban J connectivity index is 1.61. The highest BCUT2D eigenvalue weighted by Crippen LogP contribution is 2.33. The minimum absolute atomic E-state index is 0.0123. The van der Waals surface area contributed by atoms with E-state index in [1.165, 1.54) is 0 Å². The molecule has 2 aromatic heterocycles. The zero-order chi connectivity index (χ0) is 21.3. The first-order chi connectivity index (χ1) is 14.5. The minimum Gasteiger partial charge on any atom is -0.381 e. The second-order valence-electron chi connectivity index (χ2n) is 7.91. The number of hydrogen-bond acceptors (Lipinski definition) is 7. The Morgan fingerprint density at radius 1 is 1.27 bits per heavy atom. The van der Waals surface area contributed by atoms with Crippen LogP contribution in [-0.2, 0) is 9.53 Å². The van der Waals surface area contributed by atoms with Crippen molar-refractivity contribution in [2.45, 2.75) is 38.7 Å². The third kappa shape index (κ3) is 3.97. The molecular formula is C21H26N6O3. The molecule has 0 saturated heterocycles. The normalized spacial score (nSPS) is 21.1. The van der Waals surface area contributed by atoms with E-state index >= 15 is 0 Å². The van der Waals surface area contributed by atoms with Crippen molar-refractivity contribution in [3.8, 4) is 11.3 Å². The van der Waals surface area contributed by atoms with Crippen LogP contribution in [0.4, 0.5) is 11.6 Å². The van der Waals surface area contributed by atoms with Crippen molar-refractivity contribution in [2.24, 2.45) is 11.7 Å². The molecule has 3 heterocycles. The van der Waals surface area contributed by atoms with Gasteiger partial charge in [0, 0.05) is 25.4 Å². The van der Waals surface area contributed by atoms with Gasteiger partial charge in [0.15, 0.2) is 11.6 Å². The molecule has 2 aliphatic rings. The second kappa shape index (κ2) is 8.35. The van der Waals surface area contributed by atoms with Crippen molar-refractivity contribution in [3.05, 3.63) is 29.7 Å². The highest BCUT2D eigenvalue weighted by molar-refractivity contribution is 6.01. The summed E-state index contributed by atoms with van der Waals surface area (Å²) in [7, 11) is 1.75. The lowest BCUT2D eigenvalue weighted by molar-refractivity contribution is -0.117. The summed E-state index contributed by atoms with van der Waals surface area (Å²) in [5.74, 6) is 0.960. The number of aromatic nitrogens is 3. The van der Waals surface area contributed by atoms with Crippen molar-refractivity contribution in [2.75, 3.05) is 30.4 Å². The summed E-state index contributed by atoms with van der Waals surface area (Å²) in [6.45, 7) is 2.70. The smallest absolute Gasteiger partial charge is 0.267 e. The van der Waals surface area contributed by atoms with Gasteiger partial charge in [-0.05, 0) is 50.2 Å². The molecular weight excluding hydrogens is 384 g/mol. The number of rotatable bonds is 5. The summed E-state index contributed by atoms with van der Waals surface area (Å²) in [6, 6.07) is 1.63. The predicted molar refractivity (Wildman–Crippen MR) is 112 cm³/mol. The standard InChI is InChI=1S/C21H26N6O3/c1-12-7-16(19(22)29)23-8-15(12)17-9-24-20-21(26-17)27(18(28)10-25-20)11-13-3-5-14(30-2)6-4-13/h7-9,13-14H,3-6,10-11H2,1-2H3,(H2,22,29)(H,24,25)/t13-,14-. The van der Waals surface area contributed by atoms with Crippen LogP contribution in [-0.4, -0.2) is 53.1 Å². The summed E-state index contributed by atoms with van der Waals surface area (Å²) >= 11 is 0. The molecule has 2 amide bonds. The van der Waals surface area contributed by atoms with Crippen LogP contribution in [0.3, 0.4) is 0 Å². The first kappa shape index (κ1) is 20.2. The number of hydrogen-bond donors (Lipinski definition) is 2. The zero-order valence-corrected chi connectivity index (χ0v) is 17.2. The van der Waals surface area contributed by atoms with Gasteiger partial charge in [-0.15, -0.1) is 0 Å². The largest absolute Gasteiger partial charge is 0.381 e. The molecule has 1 fully saturated rings. The van der Waals surface area contributed by atoms with Gasteiger partial charge in [0.25, 0.3) is 5.91 Å². The fraction of sp³-hybridized carbons (Fsp3) is 0.476. The first-order valence-electron chi connectivity index (χ1n) is 10.2. The number of ether oxygens (including phenoxy) is 1. The maximum absolute atomic E-state index is 12.7. The minimum atomic E-state index is -0.578. The van der Waals surface area contributed by atoms with Crippen LogP contribution in [0.5, 0.6) is 0 Å². The molecule has 0 spiro atoms. The van der Waals surface area contributed by atoms with Crippen LogP contribution < -0.4 is 16.0 Å². The Morgan fingerprint density at radius 3 is 2.70 bits per heavy atom. The molecule has 0 unspecified atom stereocenters. The van der Waals surface area contributed by atoms with E-state index in [-0.39, 0.29) is 18.1 Å². The molecule has 3 N–H and O–H groups in total. The first-order valence-corrected chi connectivity index (χ1v) is 10.2. The molecule has 0 bridgehead atoms. The van der Waals surface area contributed by atoms with E-state index in [1.54, 1.807) is 30.5 Å². The number of methoxy groups -OCH3 is 1. The van der Waals surface area contributed by atoms with Crippen LogP contribution in [0, 0.1) is 12.8 Å². The molecule has 9 nitrogen and oxygen atoms in total. The Labute approximate surface area is 175 Å². The monoisotopic (exact) mass is 410 g/mol. The van der Waals surface area contributed by atoms with E-state index in [0.717, 1.165) is 36.8 Å². The molecule has 1 aliphatic carbocycles. The molecule has 158 valence electrons. The quantitative estimate of drug-likeness (QED) is 0.772. The lowest BCUT2D eigenvalue weighted by atomic mass is 9.87. The fourth-order valence-electron chi connectivity index (χ4n) is 4.15. The number of anilines is 2. The van der Waals surface area contributed by atoms with Crippen LogP contribution in [0.15, 0.2) is 18.5 Å². The molecule has 9 heteroatoms. The molecule has 2 aromatic rings. The van der Waals surface area contributed by atoms with Gasteiger partial charge in [-0.25, -0.2) is 9.97 Å². The lowest BCUT2D eigenvalue weighted by Gasteiger charge is -2.34. The summed E-state index contributed by atoms with van der Waals surface area (Å²) in [5, 5.41) is 3.05.